The number of hydrogen-bond donors (Lipinski definition) is 2. The van der Waals surface area contributed by atoms with Crippen molar-refractivity contribution in [2.45, 2.75) is 12.8 Å². The molecule has 1 unspecified atom stereocenters. The summed E-state index contributed by atoms with van der Waals surface area (Å²) in [6, 6.07) is 4.07. The Morgan fingerprint density at radius 3 is 3.28 bits per heavy atom. The van der Waals surface area contributed by atoms with Crippen LogP contribution in [0.15, 0.2) is 17.5 Å². The lowest BCUT2D eigenvalue weighted by molar-refractivity contribution is 0.420. The van der Waals surface area contributed by atoms with Crippen LogP contribution in [0.5, 0.6) is 0 Å². The first kappa shape index (κ1) is 11.7. The highest BCUT2D eigenvalue weighted by Crippen LogP contribution is 2.24. The molecule has 1 atom stereocenters. The van der Waals surface area contributed by atoms with Crippen LogP contribution in [-0.2, 0) is 0 Å². The molecule has 2 aromatic heterocycles. The normalized spacial score (nSPS) is 20.3. The third-order valence-corrected chi connectivity index (χ3v) is 4.24. The first-order valence-electron chi connectivity index (χ1n) is 6.28. The van der Waals surface area contributed by atoms with Crippen molar-refractivity contribution in [3.8, 4) is 10.7 Å². The summed E-state index contributed by atoms with van der Waals surface area (Å²) in [5.41, 5.74) is 5.75. The zero-order valence-corrected chi connectivity index (χ0v) is 11.0. The second-order valence-electron chi connectivity index (χ2n) is 4.65. The van der Waals surface area contributed by atoms with Crippen LogP contribution in [0.1, 0.15) is 12.8 Å². The van der Waals surface area contributed by atoms with Crippen molar-refractivity contribution >= 4 is 17.3 Å². The first-order chi connectivity index (χ1) is 8.86. The number of H-pyrrole nitrogens is 1. The van der Waals surface area contributed by atoms with Gasteiger partial charge >= 0.3 is 0 Å². The minimum Gasteiger partial charge on any atom is -0.339 e. The van der Waals surface area contributed by atoms with E-state index < -0.39 is 0 Å². The maximum atomic E-state index is 5.75. The highest BCUT2D eigenvalue weighted by Gasteiger charge is 2.21. The van der Waals surface area contributed by atoms with E-state index in [4.69, 9.17) is 5.73 Å². The molecule has 5 nitrogen and oxygen atoms in total. The number of anilines is 1. The monoisotopic (exact) mass is 263 g/mol. The molecule has 0 aromatic carbocycles. The van der Waals surface area contributed by atoms with Crippen LogP contribution in [0.25, 0.3) is 10.7 Å². The van der Waals surface area contributed by atoms with Gasteiger partial charge in [-0.1, -0.05) is 6.07 Å². The van der Waals surface area contributed by atoms with Gasteiger partial charge in [0.1, 0.15) is 0 Å². The summed E-state index contributed by atoms with van der Waals surface area (Å²) in [6.07, 6.45) is 2.39. The first-order valence-corrected chi connectivity index (χ1v) is 7.16. The molecule has 0 bridgehead atoms. The number of nitrogens with one attached hydrogen (secondary N) is 1. The molecular weight excluding hydrogens is 246 g/mol. The predicted octanol–water partition coefficient (Wildman–Crippen LogP) is 1.71. The number of hydrogen-bond acceptors (Lipinski definition) is 5. The molecule has 0 aliphatic carbocycles. The number of piperidine rings is 1. The molecular formula is C12H17N5S. The second-order valence-corrected chi connectivity index (χ2v) is 5.60. The van der Waals surface area contributed by atoms with Crippen LogP contribution >= 0.6 is 11.3 Å². The minimum atomic E-state index is 0.572. The molecule has 1 aliphatic heterocycles. The molecule has 18 heavy (non-hydrogen) atoms. The van der Waals surface area contributed by atoms with Crippen molar-refractivity contribution in [3.05, 3.63) is 17.5 Å². The highest BCUT2D eigenvalue weighted by atomic mass is 32.1. The standard InChI is InChI=1S/C12H17N5S/c13-7-9-3-1-5-17(8-9)12-14-11(15-16-12)10-4-2-6-18-10/h2,4,6,9H,1,3,5,7-8,13H2,(H,14,15,16). The number of nitrogens with zero attached hydrogens (tertiary/aromatic N) is 3. The maximum absolute atomic E-state index is 5.75. The topological polar surface area (TPSA) is 70.8 Å². The van der Waals surface area contributed by atoms with Crippen LogP contribution in [0.4, 0.5) is 5.95 Å². The fourth-order valence-corrected chi connectivity index (χ4v) is 3.02. The van der Waals surface area contributed by atoms with E-state index in [-0.39, 0.29) is 0 Å². The smallest absolute Gasteiger partial charge is 0.245 e. The average molecular weight is 263 g/mol. The molecule has 3 N–H and O–H groups in total. The summed E-state index contributed by atoms with van der Waals surface area (Å²) in [5.74, 6) is 2.23. The molecule has 0 amide bonds. The lowest BCUT2D eigenvalue weighted by Crippen LogP contribution is -2.38. The number of rotatable bonds is 3. The molecule has 1 fully saturated rings. The SMILES string of the molecule is NCC1CCCN(c2n[nH]c(-c3cccs3)n2)C1. The van der Waals surface area contributed by atoms with Crippen LogP contribution in [0.3, 0.4) is 0 Å². The molecule has 3 rings (SSSR count). The van der Waals surface area contributed by atoms with Gasteiger partial charge in [-0.25, -0.2) is 0 Å². The average Bonchev–Trinajstić information content (AvgIpc) is 3.09. The quantitative estimate of drug-likeness (QED) is 0.884. The van der Waals surface area contributed by atoms with Gasteiger partial charge in [-0.05, 0) is 36.8 Å². The Bertz CT molecular complexity index is 492. The van der Waals surface area contributed by atoms with Crippen molar-refractivity contribution in [1.82, 2.24) is 15.2 Å². The van der Waals surface area contributed by atoms with Crippen molar-refractivity contribution in [3.63, 3.8) is 0 Å². The fourth-order valence-electron chi connectivity index (χ4n) is 2.36. The summed E-state index contributed by atoms with van der Waals surface area (Å²) < 4.78 is 0. The van der Waals surface area contributed by atoms with Gasteiger partial charge in [-0.15, -0.1) is 16.4 Å². The molecule has 1 saturated heterocycles. The van der Waals surface area contributed by atoms with Gasteiger partial charge in [0, 0.05) is 13.1 Å². The van der Waals surface area contributed by atoms with E-state index in [0.29, 0.717) is 5.92 Å². The number of thiophene rings is 1. The number of nitrogens with two attached hydrogens (primary N) is 1. The minimum absolute atomic E-state index is 0.572. The van der Waals surface area contributed by atoms with E-state index in [0.717, 1.165) is 36.3 Å². The summed E-state index contributed by atoms with van der Waals surface area (Å²) >= 11 is 1.67. The second kappa shape index (κ2) is 5.07. The van der Waals surface area contributed by atoms with Crippen molar-refractivity contribution < 1.29 is 0 Å². The van der Waals surface area contributed by atoms with Crippen LogP contribution < -0.4 is 10.6 Å². The zero-order chi connectivity index (χ0) is 12.4. The summed E-state index contributed by atoms with van der Waals surface area (Å²) in [7, 11) is 0. The lowest BCUT2D eigenvalue weighted by Gasteiger charge is -2.31. The Hall–Kier alpha value is -1.40. The van der Waals surface area contributed by atoms with Crippen molar-refractivity contribution in [2.75, 3.05) is 24.5 Å². The van der Waals surface area contributed by atoms with Gasteiger partial charge in [-0.2, -0.15) is 4.98 Å². The summed E-state index contributed by atoms with van der Waals surface area (Å²) in [5, 5.41) is 9.38. The van der Waals surface area contributed by atoms with E-state index in [1.807, 2.05) is 17.5 Å². The number of aromatic nitrogens is 3. The molecule has 96 valence electrons. The summed E-state index contributed by atoms with van der Waals surface area (Å²) in [4.78, 5) is 7.93. The Labute approximate surface area is 110 Å². The van der Waals surface area contributed by atoms with E-state index in [2.05, 4.69) is 20.1 Å². The van der Waals surface area contributed by atoms with Crippen LogP contribution in [-0.4, -0.2) is 34.8 Å². The van der Waals surface area contributed by atoms with Gasteiger partial charge in [0.05, 0.1) is 4.88 Å². The molecule has 0 radical (unpaired) electrons. The Morgan fingerprint density at radius 1 is 1.56 bits per heavy atom. The molecule has 6 heteroatoms. The number of aromatic amines is 1. The van der Waals surface area contributed by atoms with Gasteiger partial charge in [0.25, 0.3) is 0 Å². The predicted molar refractivity (Wildman–Crippen MR) is 73.7 cm³/mol. The van der Waals surface area contributed by atoms with E-state index in [9.17, 15) is 0 Å². The lowest BCUT2D eigenvalue weighted by atomic mass is 9.99. The van der Waals surface area contributed by atoms with Gasteiger partial charge in [0.2, 0.25) is 5.95 Å². The van der Waals surface area contributed by atoms with Gasteiger partial charge in [-0.3, -0.25) is 5.10 Å². The zero-order valence-electron chi connectivity index (χ0n) is 10.2. The van der Waals surface area contributed by atoms with Gasteiger partial charge in [0.15, 0.2) is 5.82 Å². The Balaban J connectivity index is 1.77. The van der Waals surface area contributed by atoms with E-state index in [1.54, 1.807) is 11.3 Å². The molecule has 0 saturated carbocycles. The molecule has 0 spiro atoms. The Morgan fingerprint density at radius 2 is 2.50 bits per heavy atom. The van der Waals surface area contributed by atoms with Crippen molar-refractivity contribution in [2.24, 2.45) is 11.7 Å². The van der Waals surface area contributed by atoms with Gasteiger partial charge < -0.3 is 10.6 Å². The van der Waals surface area contributed by atoms with E-state index >= 15 is 0 Å². The van der Waals surface area contributed by atoms with E-state index in [1.165, 1.54) is 12.8 Å². The van der Waals surface area contributed by atoms with Crippen LogP contribution in [0.2, 0.25) is 0 Å². The Kier molecular flexibility index (Phi) is 3.29. The van der Waals surface area contributed by atoms with Crippen LogP contribution in [0, 0.1) is 5.92 Å². The molecule has 3 heterocycles. The third kappa shape index (κ3) is 2.26. The highest BCUT2D eigenvalue weighted by molar-refractivity contribution is 7.13. The summed E-state index contributed by atoms with van der Waals surface area (Å²) in [6.45, 7) is 2.75. The maximum Gasteiger partial charge on any atom is 0.245 e. The third-order valence-electron chi connectivity index (χ3n) is 3.36. The fraction of sp³-hybridized carbons (Fsp3) is 0.500. The largest absolute Gasteiger partial charge is 0.339 e. The molecule has 1 aliphatic rings. The molecule has 2 aromatic rings. The van der Waals surface area contributed by atoms with Crippen molar-refractivity contribution in [1.29, 1.82) is 0 Å².